The molecule has 21 heavy (non-hydrogen) atoms. The van der Waals surface area contributed by atoms with Crippen molar-refractivity contribution in [1.29, 1.82) is 0 Å². The molecule has 0 unspecified atom stereocenters. The third-order valence-corrected chi connectivity index (χ3v) is 3.14. The Morgan fingerprint density at radius 2 is 2.14 bits per heavy atom. The molecule has 3 heterocycles. The van der Waals surface area contributed by atoms with Gasteiger partial charge in [0.15, 0.2) is 11.5 Å². The van der Waals surface area contributed by atoms with Gasteiger partial charge in [-0.15, -0.1) is 10.2 Å². The number of aromatic nitrogens is 8. The van der Waals surface area contributed by atoms with Crippen LogP contribution in [0.2, 0.25) is 0 Å². The van der Waals surface area contributed by atoms with Crippen LogP contribution in [0.25, 0.3) is 11.2 Å². The quantitative estimate of drug-likeness (QED) is 0.722. The van der Waals surface area contributed by atoms with E-state index in [2.05, 4.69) is 35.7 Å². The lowest BCUT2D eigenvalue weighted by Crippen LogP contribution is -2.10. The maximum atomic E-state index is 4.46. The van der Waals surface area contributed by atoms with Gasteiger partial charge in [-0.2, -0.15) is 9.78 Å². The van der Waals surface area contributed by atoms with Crippen LogP contribution in [0.4, 0.5) is 5.95 Å². The van der Waals surface area contributed by atoms with Crippen molar-refractivity contribution >= 4 is 17.1 Å². The van der Waals surface area contributed by atoms with Crippen LogP contribution in [0.15, 0.2) is 6.33 Å². The molecule has 9 nitrogen and oxygen atoms in total. The smallest absolute Gasteiger partial charge is 0.225 e. The minimum absolute atomic E-state index is 0.589. The minimum atomic E-state index is 0.589. The molecule has 3 aromatic heterocycles. The molecule has 0 spiro atoms. The van der Waals surface area contributed by atoms with Crippen molar-refractivity contribution in [3.8, 4) is 0 Å². The van der Waals surface area contributed by atoms with E-state index in [9.17, 15) is 0 Å². The first-order chi connectivity index (χ1) is 10.2. The van der Waals surface area contributed by atoms with E-state index in [1.807, 2.05) is 25.5 Å². The highest BCUT2D eigenvalue weighted by molar-refractivity contribution is 5.74. The fourth-order valence-corrected chi connectivity index (χ4v) is 2.02. The summed E-state index contributed by atoms with van der Waals surface area (Å²) in [7, 11) is 1.92. The first kappa shape index (κ1) is 13.4. The molecule has 9 heteroatoms. The Balaban J connectivity index is 1.68. The Kier molecular flexibility index (Phi) is 3.46. The molecule has 0 saturated carbocycles. The zero-order valence-electron chi connectivity index (χ0n) is 12.3. The van der Waals surface area contributed by atoms with Crippen LogP contribution in [0, 0.1) is 6.92 Å². The largest absolute Gasteiger partial charge is 0.354 e. The fourth-order valence-electron chi connectivity index (χ4n) is 2.02. The number of nitrogens with zero attached hydrogens (tertiary/aromatic N) is 8. The Morgan fingerprint density at radius 3 is 2.90 bits per heavy atom. The van der Waals surface area contributed by atoms with Crippen LogP contribution in [0.5, 0.6) is 0 Å². The van der Waals surface area contributed by atoms with Crippen molar-refractivity contribution < 1.29 is 0 Å². The summed E-state index contributed by atoms with van der Waals surface area (Å²) in [6, 6.07) is 0. The molecule has 0 aliphatic rings. The predicted molar refractivity (Wildman–Crippen MR) is 76.7 cm³/mol. The standard InChI is InChI=1S/C12H17N9/c1-4-21-18-9(17-19-21)5-6-13-12-15-8(2)10-11(16-12)20(3)7-14-10/h7H,4-6H2,1-3H3,(H,13,15,16). The van der Waals surface area contributed by atoms with Crippen molar-refractivity contribution in [2.24, 2.45) is 7.05 Å². The molecule has 110 valence electrons. The second kappa shape index (κ2) is 5.43. The molecule has 0 aliphatic heterocycles. The molecule has 0 aliphatic carbocycles. The molecule has 3 aromatic rings. The molecular weight excluding hydrogens is 270 g/mol. The summed E-state index contributed by atoms with van der Waals surface area (Å²) >= 11 is 0. The van der Waals surface area contributed by atoms with Crippen molar-refractivity contribution in [2.45, 2.75) is 26.8 Å². The molecule has 0 aromatic carbocycles. The summed E-state index contributed by atoms with van der Waals surface area (Å²) in [4.78, 5) is 14.7. The monoisotopic (exact) mass is 287 g/mol. The highest BCUT2D eigenvalue weighted by atomic mass is 15.6. The summed E-state index contributed by atoms with van der Waals surface area (Å²) in [6.45, 7) is 5.28. The normalized spacial score (nSPS) is 11.2. The lowest BCUT2D eigenvalue weighted by atomic mass is 10.4. The van der Waals surface area contributed by atoms with Gasteiger partial charge in [-0.3, -0.25) is 0 Å². The van der Waals surface area contributed by atoms with Crippen LogP contribution in [-0.4, -0.2) is 46.3 Å². The SMILES string of the molecule is CCn1nnc(CCNc2nc(C)c3ncn(C)c3n2)n1. The van der Waals surface area contributed by atoms with E-state index < -0.39 is 0 Å². The maximum Gasteiger partial charge on any atom is 0.225 e. The molecular formula is C12H17N9. The number of fused-ring (bicyclic) bond motifs is 1. The molecule has 0 amide bonds. The first-order valence-electron chi connectivity index (χ1n) is 6.83. The lowest BCUT2D eigenvalue weighted by Gasteiger charge is -2.05. The van der Waals surface area contributed by atoms with Gasteiger partial charge in [0.2, 0.25) is 5.95 Å². The van der Waals surface area contributed by atoms with Gasteiger partial charge in [0.25, 0.3) is 0 Å². The summed E-state index contributed by atoms with van der Waals surface area (Å²) < 4.78 is 1.88. The highest BCUT2D eigenvalue weighted by Crippen LogP contribution is 2.14. The summed E-state index contributed by atoms with van der Waals surface area (Å²) in [6.07, 6.45) is 2.41. The number of hydrogen-bond donors (Lipinski definition) is 1. The van der Waals surface area contributed by atoms with Crippen LogP contribution >= 0.6 is 0 Å². The third kappa shape index (κ3) is 2.67. The summed E-state index contributed by atoms with van der Waals surface area (Å²) in [5.41, 5.74) is 2.51. The number of anilines is 1. The van der Waals surface area contributed by atoms with E-state index in [1.165, 1.54) is 0 Å². The average Bonchev–Trinajstić information content (AvgIpc) is 3.07. The van der Waals surface area contributed by atoms with E-state index in [0.29, 0.717) is 24.7 Å². The van der Waals surface area contributed by atoms with Gasteiger partial charge in [0.05, 0.1) is 18.6 Å². The zero-order valence-corrected chi connectivity index (χ0v) is 12.3. The average molecular weight is 287 g/mol. The third-order valence-electron chi connectivity index (χ3n) is 3.14. The van der Waals surface area contributed by atoms with Crippen LogP contribution < -0.4 is 5.32 Å². The number of imidazole rings is 1. The van der Waals surface area contributed by atoms with E-state index >= 15 is 0 Å². The molecule has 0 saturated heterocycles. The van der Waals surface area contributed by atoms with Crippen molar-refractivity contribution in [3.63, 3.8) is 0 Å². The van der Waals surface area contributed by atoms with Crippen molar-refractivity contribution in [1.82, 2.24) is 39.7 Å². The lowest BCUT2D eigenvalue weighted by molar-refractivity contribution is 0.550. The molecule has 0 atom stereocenters. The highest BCUT2D eigenvalue weighted by Gasteiger charge is 2.09. The Morgan fingerprint density at radius 1 is 1.29 bits per heavy atom. The molecule has 0 fully saturated rings. The molecule has 0 bridgehead atoms. The topological polar surface area (TPSA) is 99.2 Å². The second-order valence-electron chi connectivity index (χ2n) is 4.73. The van der Waals surface area contributed by atoms with Gasteiger partial charge in [0.1, 0.15) is 5.52 Å². The van der Waals surface area contributed by atoms with E-state index in [-0.39, 0.29) is 0 Å². The van der Waals surface area contributed by atoms with Crippen molar-refractivity contribution in [3.05, 3.63) is 17.8 Å². The predicted octanol–water partition coefficient (Wildman–Crippen LogP) is 0.333. The van der Waals surface area contributed by atoms with Gasteiger partial charge in [-0.25, -0.2) is 9.97 Å². The van der Waals surface area contributed by atoms with Gasteiger partial charge >= 0.3 is 0 Å². The first-order valence-corrected chi connectivity index (χ1v) is 6.83. The minimum Gasteiger partial charge on any atom is -0.354 e. The maximum absolute atomic E-state index is 4.46. The fraction of sp³-hybridized carbons (Fsp3) is 0.500. The van der Waals surface area contributed by atoms with E-state index in [4.69, 9.17) is 0 Å². The van der Waals surface area contributed by atoms with Gasteiger partial charge < -0.3 is 9.88 Å². The van der Waals surface area contributed by atoms with Crippen LogP contribution in [0.1, 0.15) is 18.4 Å². The number of nitrogens with one attached hydrogen (secondary N) is 1. The Hall–Kier alpha value is -2.58. The second-order valence-corrected chi connectivity index (χ2v) is 4.73. The molecule has 3 rings (SSSR count). The van der Waals surface area contributed by atoms with E-state index in [1.54, 1.807) is 11.1 Å². The number of tetrazole rings is 1. The molecule has 1 N–H and O–H groups in total. The van der Waals surface area contributed by atoms with Gasteiger partial charge in [0, 0.05) is 20.0 Å². The zero-order chi connectivity index (χ0) is 14.8. The van der Waals surface area contributed by atoms with Crippen LogP contribution in [-0.2, 0) is 20.0 Å². The summed E-state index contributed by atoms with van der Waals surface area (Å²) in [5, 5.41) is 15.3. The van der Waals surface area contributed by atoms with Crippen molar-refractivity contribution in [2.75, 3.05) is 11.9 Å². The van der Waals surface area contributed by atoms with E-state index in [0.717, 1.165) is 23.4 Å². The number of rotatable bonds is 5. The Bertz CT molecular complexity index is 757. The van der Waals surface area contributed by atoms with Gasteiger partial charge in [-0.1, -0.05) is 0 Å². The number of hydrogen-bond acceptors (Lipinski definition) is 7. The Labute approximate surface area is 121 Å². The summed E-state index contributed by atoms with van der Waals surface area (Å²) in [5.74, 6) is 1.30. The number of aryl methyl sites for hydroxylation is 3. The van der Waals surface area contributed by atoms with Crippen LogP contribution in [0.3, 0.4) is 0 Å². The molecule has 0 radical (unpaired) electrons. The van der Waals surface area contributed by atoms with Gasteiger partial charge in [-0.05, 0) is 19.1 Å².